The van der Waals surface area contributed by atoms with Crippen LogP contribution in [0.25, 0.3) is 0 Å². The van der Waals surface area contributed by atoms with Crippen molar-refractivity contribution in [3.63, 3.8) is 0 Å². The number of rotatable bonds is 8. The van der Waals surface area contributed by atoms with Crippen LogP contribution in [0.3, 0.4) is 0 Å². The van der Waals surface area contributed by atoms with Crippen molar-refractivity contribution in [2.24, 2.45) is 5.92 Å². The van der Waals surface area contributed by atoms with Gasteiger partial charge in [0.25, 0.3) is 0 Å². The van der Waals surface area contributed by atoms with E-state index in [9.17, 15) is 18.0 Å². The van der Waals surface area contributed by atoms with E-state index in [1.54, 1.807) is 29.2 Å². The summed E-state index contributed by atoms with van der Waals surface area (Å²) in [5, 5.41) is 0. The zero-order valence-electron chi connectivity index (χ0n) is 19.0. The van der Waals surface area contributed by atoms with Gasteiger partial charge < -0.3 is 14.4 Å². The van der Waals surface area contributed by atoms with Gasteiger partial charge in [-0.1, -0.05) is 24.3 Å². The Bertz CT molecular complexity index is 987. The van der Waals surface area contributed by atoms with Crippen molar-refractivity contribution in [3.05, 3.63) is 65.5 Å². The van der Waals surface area contributed by atoms with Crippen molar-refractivity contribution in [1.82, 2.24) is 9.80 Å². The molecule has 2 aromatic carbocycles. The van der Waals surface area contributed by atoms with Crippen LogP contribution in [0.1, 0.15) is 36.8 Å². The Morgan fingerprint density at radius 2 is 1.65 bits per heavy atom. The van der Waals surface area contributed by atoms with Gasteiger partial charge in [-0.05, 0) is 60.6 Å². The maximum Gasteiger partial charge on any atom is 0.411 e. The minimum atomic E-state index is -2.88. The van der Waals surface area contributed by atoms with E-state index in [-0.39, 0.29) is 23.7 Å². The minimum absolute atomic E-state index is 0.0742. The first kappa shape index (κ1) is 23.0. The summed E-state index contributed by atoms with van der Waals surface area (Å²) in [5.74, 6) is 0.586. The van der Waals surface area contributed by atoms with Gasteiger partial charge in [-0.2, -0.15) is 8.78 Å². The van der Waals surface area contributed by atoms with Crippen LogP contribution < -0.4 is 4.74 Å². The van der Waals surface area contributed by atoms with Crippen LogP contribution >= 0.6 is 0 Å². The summed E-state index contributed by atoms with van der Waals surface area (Å²) in [4.78, 5) is 17.3. The molecular formula is C26H29F3N2O3. The molecule has 8 heteroatoms. The van der Waals surface area contributed by atoms with Crippen LogP contribution in [0.5, 0.6) is 5.75 Å². The van der Waals surface area contributed by atoms with E-state index >= 15 is 0 Å². The molecule has 34 heavy (non-hydrogen) atoms. The predicted molar refractivity (Wildman–Crippen MR) is 120 cm³/mol. The summed E-state index contributed by atoms with van der Waals surface area (Å²) in [6.45, 7) is 0.301. The van der Waals surface area contributed by atoms with E-state index in [2.05, 4.69) is 9.64 Å². The molecule has 2 aliphatic heterocycles. The number of carbonyl (C=O) groups excluding carboxylic acids is 1. The smallest absolute Gasteiger partial charge is 0.411 e. The van der Waals surface area contributed by atoms with Gasteiger partial charge in [0.15, 0.2) is 0 Å². The molecule has 2 heterocycles. The molecule has 0 bridgehead atoms. The van der Waals surface area contributed by atoms with Crippen molar-refractivity contribution in [1.29, 1.82) is 0 Å². The average molecular weight is 475 g/mol. The lowest BCUT2D eigenvalue weighted by Gasteiger charge is -2.42. The van der Waals surface area contributed by atoms with Gasteiger partial charge >= 0.3 is 12.7 Å². The quantitative estimate of drug-likeness (QED) is 0.525. The van der Waals surface area contributed by atoms with Gasteiger partial charge in [-0.15, -0.1) is 0 Å². The maximum absolute atomic E-state index is 13.5. The molecule has 1 spiro atoms. The highest BCUT2D eigenvalue weighted by molar-refractivity contribution is 5.72. The molecule has 3 aliphatic rings. The summed E-state index contributed by atoms with van der Waals surface area (Å²) in [7, 11) is 0. The Morgan fingerprint density at radius 3 is 2.26 bits per heavy atom. The molecular weight excluding hydrogens is 445 g/mol. The van der Waals surface area contributed by atoms with E-state index in [0.29, 0.717) is 13.0 Å². The summed E-state index contributed by atoms with van der Waals surface area (Å²) in [6, 6.07) is 12.5. The average Bonchev–Trinajstić information content (AvgIpc) is 3.59. The number of likely N-dealkylation sites (tertiary alicyclic amines) is 1. The second kappa shape index (κ2) is 9.49. The molecule has 1 atom stereocenters. The highest BCUT2D eigenvalue weighted by Crippen LogP contribution is 2.42. The summed E-state index contributed by atoms with van der Waals surface area (Å²) < 4.78 is 48.9. The predicted octanol–water partition coefficient (Wildman–Crippen LogP) is 5.24. The van der Waals surface area contributed by atoms with Crippen molar-refractivity contribution in [2.75, 3.05) is 19.6 Å². The highest BCUT2D eigenvalue weighted by Gasteiger charge is 2.54. The van der Waals surface area contributed by atoms with Gasteiger partial charge in [0.05, 0.1) is 6.04 Å². The number of nitrogens with zero attached hydrogens (tertiary/aromatic N) is 2. The second-order valence-electron chi connectivity index (χ2n) is 9.67. The summed E-state index contributed by atoms with van der Waals surface area (Å²) >= 11 is 0. The van der Waals surface area contributed by atoms with Gasteiger partial charge in [-0.3, -0.25) is 4.90 Å². The number of benzene rings is 2. The van der Waals surface area contributed by atoms with Gasteiger partial charge in [0.1, 0.15) is 17.2 Å². The van der Waals surface area contributed by atoms with Gasteiger partial charge in [0, 0.05) is 39.0 Å². The fraction of sp³-hybridized carbons (Fsp3) is 0.500. The van der Waals surface area contributed by atoms with Crippen molar-refractivity contribution >= 4 is 6.09 Å². The Labute approximate surface area is 197 Å². The molecule has 1 aliphatic carbocycles. The Hall–Kier alpha value is -2.74. The first-order valence-corrected chi connectivity index (χ1v) is 11.9. The lowest BCUT2D eigenvalue weighted by Crippen LogP contribution is -2.53. The zero-order valence-corrected chi connectivity index (χ0v) is 19.0. The van der Waals surface area contributed by atoms with E-state index in [4.69, 9.17) is 4.74 Å². The van der Waals surface area contributed by atoms with E-state index in [1.165, 1.54) is 37.1 Å². The number of alkyl halides is 2. The number of amides is 1. The van der Waals surface area contributed by atoms with Crippen LogP contribution in [-0.4, -0.2) is 53.8 Å². The van der Waals surface area contributed by atoms with Crippen molar-refractivity contribution in [3.8, 4) is 5.75 Å². The maximum atomic E-state index is 13.5. The van der Waals surface area contributed by atoms with Crippen LogP contribution in [-0.2, 0) is 17.7 Å². The molecule has 2 aromatic rings. The van der Waals surface area contributed by atoms with Crippen molar-refractivity contribution in [2.45, 2.75) is 56.9 Å². The number of hydrogen-bond acceptors (Lipinski definition) is 4. The molecule has 5 rings (SSSR count). The first-order valence-electron chi connectivity index (χ1n) is 11.9. The fourth-order valence-corrected chi connectivity index (χ4v) is 5.21. The Kier molecular flexibility index (Phi) is 6.42. The lowest BCUT2D eigenvalue weighted by atomic mass is 9.81. The van der Waals surface area contributed by atoms with Crippen LogP contribution in [0.2, 0.25) is 0 Å². The number of carbonyl (C=O) groups is 1. The van der Waals surface area contributed by atoms with E-state index in [1.807, 2.05) is 0 Å². The SMILES string of the molecule is O=C1OC2(CCN(CC3CC3)CC2)C(Cc2ccc(F)cc2)N1Cc1ccc(OC(F)F)cc1. The monoisotopic (exact) mass is 474 g/mol. The summed E-state index contributed by atoms with van der Waals surface area (Å²) in [6.07, 6.45) is 4.32. The van der Waals surface area contributed by atoms with E-state index < -0.39 is 12.2 Å². The molecule has 0 radical (unpaired) electrons. The molecule has 0 N–H and O–H groups in total. The molecule has 1 unspecified atom stereocenters. The lowest BCUT2D eigenvalue weighted by molar-refractivity contribution is -0.0498. The normalized spacial score (nSPS) is 22.4. The second-order valence-corrected chi connectivity index (χ2v) is 9.67. The van der Waals surface area contributed by atoms with Crippen LogP contribution in [0.4, 0.5) is 18.0 Å². The molecule has 5 nitrogen and oxygen atoms in total. The summed E-state index contributed by atoms with van der Waals surface area (Å²) in [5.41, 5.74) is 1.14. The third-order valence-corrected chi connectivity index (χ3v) is 7.27. The highest BCUT2D eigenvalue weighted by atomic mass is 19.3. The topological polar surface area (TPSA) is 42.0 Å². The largest absolute Gasteiger partial charge is 0.440 e. The Balaban J connectivity index is 1.35. The molecule has 1 amide bonds. The van der Waals surface area contributed by atoms with Crippen LogP contribution in [0.15, 0.2) is 48.5 Å². The number of ether oxygens (including phenoxy) is 2. The van der Waals surface area contributed by atoms with Gasteiger partial charge in [0.2, 0.25) is 0 Å². The molecule has 1 saturated carbocycles. The standard InChI is InChI=1S/C26H29F3N2O3/c27-21-7-3-18(4-8-21)15-23-26(11-13-30(14-12-26)16-19-1-2-19)34-25(32)31(23)17-20-5-9-22(10-6-20)33-24(28)29/h3-10,19,23-24H,1-2,11-17H2. The number of halogens is 3. The van der Waals surface area contributed by atoms with Crippen molar-refractivity contribution < 1.29 is 27.4 Å². The van der Waals surface area contributed by atoms with Crippen LogP contribution in [0, 0.1) is 11.7 Å². The molecule has 182 valence electrons. The molecule has 2 saturated heterocycles. The molecule has 0 aromatic heterocycles. The number of piperidine rings is 1. The molecule has 3 fully saturated rings. The number of hydrogen-bond donors (Lipinski definition) is 0. The van der Waals surface area contributed by atoms with Gasteiger partial charge in [-0.25, -0.2) is 9.18 Å². The minimum Gasteiger partial charge on any atom is -0.440 e. The third-order valence-electron chi connectivity index (χ3n) is 7.27. The third kappa shape index (κ3) is 5.17. The zero-order chi connectivity index (χ0) is 23.7. The Morgan fingerprint density at radius 1 is 1.00 bits per heavy atom. The first-order chi connectivity index (χ1) is 16.4. The fourth-order valence-electron chi connectivity index (χ4n) is 5.21. The van der Waals surface area contributed by atoms with E-state index in [0.717, 1.165) is 49.5 Å².